The SMILES string of the molecule is COc1ccc(C2([C@H](C)CCCC(=O)O)SCCCS2)c(NC(=O)C(C)NC(=O)CNC(=O)OC(C)(C)C)c1. The summed E-state index contributed by atoms with van der Waals surface area (Å²) in [6.07, 6.45) is 1.75. The molecule has 4 N–H and O–H groups in total. The summed E-state index contributed by atoms with van der Waals surface area (Å²) in [4.78, 5) is 48.4. The molecular weight excluding hydrogens is 542 g/mol. The molecule has 3 amide bonds. The zero-order chi connectivity index (χ0) is 29.2. The third-order valence-corrected chi connectivity index (χ3v) is 9.82. The molecule has 1 aromatic rings. The number of carboxylic acids is 1. The molecule has 12 heteroatoms. The summed E-state index contributed by atoms with van der Waals surface area (Å²) in [6.45, 7) is 8.52. The van der Waals surface area contributed by atoms with E-state index in [1.807, 2.05) is 35.7 Å². The lowest BCUT2D eigenvalue weighted by Gasteiger charge is -2.42. The van der Waals surface area contributed by atoms with Crippen LogP contribution in [0.3, 0.4) is 0 Å². The zero-order valence-corrected chi connectivity index (χ0v) is 25.2. The summed E-state index contributed by atoms with van der Waals surface area (Å²) < 4.78 is 10.2. The second-order valence-electron chi connectivity index (χ2n) is 10.5. The van der Waals surface area contributed by atoms with Gasteiger partial charge in [-0.05, 0) is 70.4 Å². The fourth-order valence-electron chi connectivity index (χ4n) is 4.13. The van der Waals surface area contributed by atoms with E-state index in [1.165, 1.54) is 0 Å². The zero-order valence-electron chi connectivity index (χ0n) is 23.5. The van der Waals surface area contributed by atoms with E-state index in [-0.39, 0.29) is 23.0 Å². The van der Waals surface area contributed by atoms with Gasteiger partial charge >= 0.3 is 12.1 Å². The number of carboxylic acid groups (broad SMARTS) is 1. The minimum atomic E-state index is -0.882. The molecule has 0 spiro atoms. The monoisotopic (exact) mass is 583 g/mol. The summed E-state index contributed by atoms with van der Waals surface area (Å²) in [6, 6.07) is 4.71. The molecule has 0 aromatic heterocycles. The number of hydrogen-bond acceptors (Lipinski definition) is 8. The van der Waals surface area contributed by atoms with Crippen molar-refractivity contribution in [1.82, 2.24) is 10.6 Å². The molecule has 0 radical (unpaired) electrons. The Labute approximate surface area is 239 Å². The van der Waals surface area contributed by atoms with Crippen LogP contribution in [-0.2, 0) is 23.2 Å². The number of alkyl carbamates (subject to hydrolysis) is 1. The van der Waals surface area contributed by atoms with Crippen molar-refractivity contribution in [3.05, 3.63) is 23.8 Å². The first-order valence-corrected chi connectivity index (χ1v) is 15.0. The summed E-state index contributed by atoms with van der Waals surface area (Å²) in [7, 11) is 1.55. The number of thioether (sulfide) groups is 2. The molecular formula is C27H41N3O7S2. The summed E-state index contributed by atoms with van der Waals surface area (Å²) in [5, 5.41) is 17.1. The predicted molar refractivity (Wildman–Crippen MR) is 155 cm³/mol. The van der Waals surface area contributed by atoms with Crippen molar-refractivity contribution in [2.24, 2.45) is 5.92 Å². The Bertz CT molecular complexity index is 1020. The van der Waals surface area contributed by atoms with Gasteiger partial charge in [-0.15, -0.1) is 23.5 Å². The summed E-state index contributed by atoms with van der Waals surface area (Å²) >= 11 is 3.64. The van der Waals surface area contributed by atoms with Crippen LogP contribution in [0, 0.1) is 5.92 Å². The van der Waals surface area contributed by atoms with Gasteiger partial charge in [0.1, 0.15) is 23.9 Å². The molecule has 1 unspecified atom stereocenters. The number of aliphatic carboxylic acids is 1. The van der Waals surface area contributed by atoms with Gasteiger partial charge in [-0.1, -0.05) is 13.0 Å². The van der Waals surface area contributed by atoms with Crippen molar-refractivity contribution < 1.29 is 33.8 Å². The van der Waals surface area contributed by atoms with Gasteiger partial charge in [0.25, 0.3) is 0 Å². The van der Waals surface area contributed by atoms with Crippen LogP contribution < -0.4 is 20.7 Å². The van der Waals surface area contributed by atoms with Gasteiger partial charge in [-0.2, -0.15) is 0 Å². The van der Waals surface area contributed by atoms with Crippen molar-refractivity contribution in [3.63, 3.8) is 0 Å². The van der Waals surface area contributed by atoms with Crippen LogP contribution in [0.15, 0.2) is 18.2 Å². The molecule has 39 heavy (non-hydrogen) atoms. The van der Waals surface area contributed by atoms with Crippen molar-refractivity contribution in [2.75, 3.05) is 30.5 Å². The van der Waals surface area contributed by atoms with Crippen molar-refractivity contribution >= 4 is 53.1 Å². The number of nitrogens with one attached hydrogen (secondary N) is 3. The number of hydrogen-bond donors (Lipinski definition) is 4. The van der Waals surface area contributed by atoms with Crippen LogP contribution in [0.25, 0.3) is 0 Å². The molecule has 2 rings (SSSR count). The molecule has 1 aliphatic heterocycles. The van der Waals surface area contributed by atoms with Gasteiger partial charge < -0.3 is 30.5 Å². The fourth-order valence-corrected chi connectivity index (χ4v) is 7.80. The molecule has 1 heterocycles. The largest absolute Gasteiger partial charge is 0.497 e. The van der Waals surface area contributed by atoms with Crippen LogP contribution in [0.4, 0.5) is 10.5 Å². The highest BCUT2D eigenvalue weighted by Gasteiger charge is 2.42. The number of anilines is 1. The lowest BCUT2D eigenvalue weighted by molar-refractivity contribution is -0.137. The minimum absolute atomic E-state index is 0.113. The van der Waals surface area contributed by atoms with Gasteiger partial charge in [0.2, 0.25) is 11.8 Å². The molecule has 0 saturated carbocycles. The second kappa shape index (κ2) is 14.7. The number of ether oxygens (including phenoxy) is 2. The maximum atomic E-state index is 13.2. The fraction of sp³-hybridized carbons (Fsp3) is 0.630. The van der Waals surface area contributed by atoms with Gasteiger partial charge in [0, 0.05) is 23.7 Å². The minimum Gasteiger partial charge on any atom is -0.497 e. The first kappa shape index (κ1) is 32.6. The molecule has 2 atom stereocenters. The highest BCUT2D eigenvalue weighted by atomic mass is 32.2. The summed E-state index contributed by atoms with van der Waals surface area (Å²) in [5.41, 5.74) is 0.820. The molecule has 0 aliphatic carbocycles. The van der Waals surface area contributed by atoms with Crippen LogP contribution in [-0.4, -0.2) is 65.8 Å². The molecule has 0 bridgehead atoms. The highest BCUT2D eigenvalue weighted by Crippen LogP contribution is 2.58. The summed E-state index contributed by atoms with van der Waals surface area (Å²) in [5.74, 6) is 0.847. The van der Waals surface area contributed by atoms with E-state index in [0.717, 1.165) is 29.9 Å². The molecule has 218 valence electrons. The average Bonchev–Trinajstić information content (AvgIpc) is 2.86. The topological polar surface area (TPSA) is 143 Å². The number of amides is 3. The lowest BCUT2D eigenvalue weighted by Crippen LogP contribution is -2.46. The van der Waals surface area contributed by atoms with Crippen molar-refractivity contribution in [1.29, 1.82) is 0 Å². The number of benzene rings is 1. The quantitative estimate of drug-likeness (QED) is 0.278. The van der Waals surface area contributed by atoms with E-state index in [1.54, 1.807) is 40.9 Å². The van der Waals surface area contributed by atoms with Crippen LogP contribution in [0.1, 0.15) is 65.9 Å². The standard InChI is InChI=1S/C27H41N3O7S2/c1-17(9-7-10-23(32)33)27(38-13-8-14-39-27)20-12-11-19(36-6)15-21(20)30-24(34)18(2)29-22(31)16-28-25(35)37-26(3,4)5/h11-12,15,17-18H,7-10,13-14,16H2,1-6H3,(H,28,35)(H,29,31)(H,30,34)(H,32,33)/t17-,18?/m1/s1. The lowest BCUT2D eigenvalue weighted by atomic mass is 9.93. The molecule has 1 aromatic carbocycles. The van der Waals surface area contributed by atoms with Gasteiger partial charge in [-0.3, -0.25) is 14.4 Å². The van der Waals surface area contributed by atoms with E-state index in [9.17, 15) is 19.2 Å². The van der Waals surface area contributed by atoms with E-state index in [4.69, 9.17) is 14.6 Å². The van der Waals surface area contributed by atoms with Crippen LogP contribution >= 0.6 is 23.5 Å². The molecule has 1 saturated heterocycles. The van der Waals surface area contributed by atoms with Crippen LogP contribution in [0.2, 0.25) is 0 Å². The van der Waals surface area contributed by atoms with Gasteiger partial charge in [0.15, 0.2) is 0 Å². The van der Waals surface area contributed by atoms with E-state index >= 15 is 0 Å². The third-order valence-electron chi connectivity index (χ3n) is 6.02. The predicted octanol–water partition coefficient (Wildman–Crippen LogP) is 4.58. The number of carbonyl (C=O) groups is 4. The Morgan fingerprint density at radius 3 is 2.38 bits per heavy atom. The molecule has 1 aliphatic rings. The highest BCUT2D eigenvalue weighted by molar-refractivity contribution is 8.18. The van der Waals surface area contributed by atoms with Crippen molar-refractivity contribution in [3.8, 4) is 5.75 Å². The van der Waals surface area contributed by atoms with E-state index in [2.05, 4.69) is 22.9 Å². The average molecular weight is 584 g/mol. The maximum absolute atomic E-state index is 13.2. The molecule has 10 nitrogen and oxygen atoms in total. The Balaban J connectivity index is 2.19. The van der Waals surface area contributed by atoms with Gasteiger partial charge in [-0.25, -0.2) is 4.79 Å². The van der Waals surface area contributed by atoms with E-state index < -0.39 is 35.5 Å². The Morgan fingerprint density at radius 2 is 1.79 bits per heavy atom. The maximum Gasteiger partial charge on any atom is 0.408 e. The van der Waals surface area contributed by atoms with Gasteiger partial charge in [0.05, 0.1) is 11.2 Å². The van der Waals surface area contributed by atoms with Crippen LogP contribution in [0.5, 0.6) is 5.75 Å². The van der Waals surface area contributed by atoms with E-state index in [0.29, 0.717) is 17.9 Å². The Kier molecular flexibility index (Phi) is 12.3. The number of carbonyl (C=O) groups excluding carboxylic acids is 3. The third kappa shape index (κ3) is 10.1. The van der Waals surface area contributed by atoms with Crippen molar-refractivity contribution in [2.45, 2.75) is 76.0 Å². The first-order valence-electron chi connectivity index (χ1n) is 13.0. The normalized spacial score (nSPS) is 16.4. The first-order chi connectivity index (χ1) is 18.3. The number of methoxy groups -OCH3 is 1. The molecule has 1 fully saturated rings. The smallest absolute Gasteiger partial charge is 0.408 e. The Morgan fingerprint density at radius 1 is 1.13 bits per heavy atom. The second-order valence-corrected chi connectivity index (χ2v) is 13.4. The number of rotatable bonds is 12. The Hall–Kier alpha value is -2.60.